The molecular weight excluding hydrogens is 300 g/mol. The van der Waals surface area contributed by atoms with Gasteiger partial charge in [0.15, 0.2) is 0 Å². The fourth-order valence-electron chi connectivity index (χ4n) is 2.28. The Hall–Kier alpha value is -2.04. The maximum absolute atomic E-state index is 8.75. The number of hydrogen-bond acceptors (Lipinski definition) is 3. The van der Waals surface area contributed by atoms with E-state index >= 15 is 0 Å². The molecule has 0 aliphatic rings. The van der Waals surface area contributed by atoms with Crippen LogP contribution < -0.4 is 4.74 Å². The predicted octanol–water partition coefficient (Wildman–Crippen LogP) is 3.60. The van der Waals surface area contributed by atoms with Crippen LogP contribution in [-0.2, 0) is 0 Å². The van der Waals surface area contributed by atoms with Crippen LogP contribution in [-0.4, -0.2) is 27.9 Å². The third kappa shape index (κ3) is 3.59. The summed E-state index contributed by atoms with van der Waals surface area (Å²) in [6.45, 7) is 0.829. The Morgan fingerprint density at radius 2 is 1.86 bits per heavy atom. The zero-order valence-electron chi connectivity index (χ0n) is 12.2. The highest BCUT2D eigenvalue weighted by Crippen LogP contribution is 2.22. The van der Waals surface area contributed by atoms with Gasteiger partial charge in [-0.05, 0) is 37.1 Å². The second-order valence-electron chi connectivity index (χ2n) is 4.88. The van der Waals surface area contributed by atoms with Crippen molar-refractivity contribution >= 4 is 23.4 Å². The van der Waals surface area contributed by atoms with Crippen LogP contribution in [0.2, 0.25) is 0 Å². The molecule has 3 rings (SSSR count). The van der Waals surface area contributed by atoms with Crippen molar-refractivity contribution in [2.45, 2.75) is 12.8 Å². The summed E-state index contributed by atoms with van der Waals surface area (Å²) in [6, 6.07) is 16.1. The van der Waals surface area contributed by atoms with Gasteiger partial charge in [-0.3, -0.25) is 4.57 Å². The number of ether oxygens (including phenoxy) is 1. The minimum atomic E-state index is 0. The summed E-state index contributed by atoms with van der Waals surface area (Å²) < 4.78 is 7.73. The van der Waals surface area contributed by atoms with E-state index in [0.717, 1.165) is 35.3 Å². The fraction of sp³-hybridized carbons (Fsp3) is 0.235. The van der Waals surface area contributed by atoms with Gasteiger partial charge in [-0.2, -0.15) is 0 Å². The molecule has 116 valence electrons. The number of para-hydroxylation sites is 1. The highest BCUT2D eigenvalue weighted by atomic mass is 35.5. The molecule has 1 heterocycles. The molecule has 3 aromatic rings. The molecule has 1 aromatic heterocycles. The molecule has 5 heteroatoms. The number of aromatic nitrogens is 2. The molecule has 0 saturated carbocycles. The first kappa shape index (κ1) is 16.3. The topological polar surface area (TPSA) is 47.3 Å². The van der Waals surface area contributed by atoms with Crippen molar-refractivity contribution in [2.24, 2.45) is 0 Å². The van der Waals surface area contributed by atoms with E-state index in [2.05, 4.69) is 21.7 Å². The number of aliphatic hydroxyl groups excluding tert-OH is 1. The SMILES string of the molecule is Cl.OCCCCOc1ccc2c(c1)ncn2-c1ccccc1. The predicted molar refractivity (Wildman–Crippen MR) is 90.1 cm³/mol. The Kier molecular flexibility index (Phi) is 5.81. The number of imidazole rings is 1. The number of hydrogen-bond donors (Lipinski definition) is 1. The molecule has 0 unspecified atom stereocenters. The molecule has 4 nitrogen and oxygen atoms in total. The van der Waals surface area contributed by atoms with Crippen LogP contribution in [0, 0.1) is 0 Å². The van der Waals surface area contributed by atoms with Crippen LogP contribution in [0.1, 0.15) is 12.8 Å². The number of nitrogens with zero attached hydrogens (tertiary/aromatic N) is 2. The second kappa shape index (κ2) is 7.82. The molecule has 0 aliphatic carbocycles. The molecule has 0 radical (unpaired) electrons. The summed E-state index contributed by atoms with van der Waals surface area (Å²) in [5.74, 6) is 0.818. The van der Waals surface area contributed by atoms with Crippen LogP contribution in [0.3, 0.4) is 0 Å². The third-order valence-corrected chi connectivity index (χ3v) is 3.37. The van der Waals surface area contributed by atoms with Crippen molar-refractivity contribution in [3.05, 3.63) is 54.9 Å². The van der Waals surface area contributed by atoms with Gasteiger partial charge in [0.05, 0.1) is 17.6 Å². The maximum atomic E-state index is 8.75. The number of unbranched alkanes of at least 4 members (excludes halogenated alkanes) is 1. The number of halogens is 1. The molecule has 0 fully saturated rings. The lowest BCUT2D eigenvalue weighted by Crippen LogP contribution is -1.98. The molecular formula is C17H19ClN2O2. The second-order valence-corrected chi connectivity index (χ2v) is 4.88. The van der Waals surface area contributed by atoms with Gasteiger partial charge in [0.1, 0.15) is 12.1 Å². The van der Waals surface area contributed by atoms with Crippen molar-refractivity contribution in [3.8, 4) is 11.4 Å². The van der Waals surface area contributed by atoms with Crippen molar-refractivity contribution in [2.75, 3.05) is 13.2 Å². The number of aliphatic hydroxyl groups is 1. The number of fused-ring (bicyclic) bond motifs is 1. The van der Waals surface area contributed by atoms with Crippen molar-refractivity contribution in [1.29, 1.82) is 0 Å². The minimum absolute atomic E-state index is 0. The fourth-order valence-corrected chi connectivity index (χ4v) is 2.28. The highest BCUT2D eigenvalue weighted by Gasteiger charge is 2.05. The van der Waals surface area contributed by atoms with Crippen molar-refractivity contribution in [3.63, 3.8) is 0 Å². The van der Waals surface area contributed by atoms with Gasteiger partial charge in [-0.1, -0.05) is 18.2 Å². The van der Waals surface area contributed by atoms with Crippen LogP contribution in [0.15, 0.2) is 54.9 Å². The molecule has 0 amide bonds. The Bertz CT molecular complexity index is 713. The lowest BCUT2D eigenvalue weighted by molar-refractivity contribution is 0.253. The Balaban J connectivity index is 0.00000176. The lowest BCUT2D eigenvalue weighted by atomic mass is 10.2. The Morgan fingerprint density at radius 3 is 2.64 bits per heavy atom. The van der Waals surface area contributed by atoms with Crippen LogP contribution in [0.4, 0.5) is 0 Å². The largest absolute Gasteiger partial charge is 0.494 e. The standard InChI is InChI=1S/C17H18N2O2.ClH/c20-10-4-5-11-21-15-8-9-17-16(12-15)18-13-19(17)14-6-2-1-3-7-14;/h1-3,6-9,12-13,20H,4-5,10-11H2;1H. The molecule has 0 atom stereocenters. The zero-order chi connectivity index (χ0) is 14.5. The van der Waals surface area contributed by atoms with Gasteiger partial charge >= 0.3 is 0 Å². The van der Waals surface area contributed by atoms with E-state index in [1.807, 2.05) is 42.7 Å². The van der Waals surface area contributed by atoms with E-state index < -0.39 is 0 Å². The first-order valence-corrected chi connectivity index (χ1v) is 7.14. The average Bonchev–Trinajstić information content (AvgIpc) is 2.95. The van der Waals surface area contributed by atoms with E-state index in [1.54, 1.807) is 0 Å². The summed E-state index contributed by atoms with van der Waals surface area (Å²) in [4.78, 5) is 4.44. The summed E-state index contributed by atoms with van der Waals surface area (Å²) >= 11 is 0. The Morgan fingerprint density at radius 1 is 1.05 bits per heavy atom. The van der Waals surface area contributed by atoms with Crippen LogP contribution >= 0.6 is 12.4 Å². The lowest BCUT2D eigenvalue weighted by Gasteiger charge is -2.07. The monoisotopic (exact) mass is 318 g/mol. The van der Waals surface area contributed by atoms with Gasteiger partial charge in [-0.25, -0.2) is 4.98 Å². The quantitative estimate of drug-likeness (QED) is 0.706. The van der Waals surface area contributed by atoms with Gasteiger partial charge < -0.3 is 9.84 Å². The third-order valence-electron chi connectivity index (χ3n) is 3.37. The van der Waals surface area contributed by atoms with Crippen LogP contribution in [0.5, 0.6) is 5.75 Å². The van der Waals surface area contributed by atoms with E-state index in [0.29, 0.717) is 6.61 Å². The minimum Gasteiger partial charge on any atom is -0.494 e. The highest BCUT2D eigenvalue weighted by molar-refractivity contribution is 5.85. The number of benzene rings is 2. The van der Waals surface area contributed by atoms with Gasteiger partial charge in [0.2, 0.25) is 0 Å². The summed E-state index contributed by atoms with van der Waals surface area (Å²) in [6.07, 6.45) is 3.45. The molecule has 0 aliphatic heterocycles. The summed E-state index contributed by atoms with van der Waals surface area (Å²) in [5.41, 5.74) is 3.07. The van der Waals surface area contributed by atoms with E-state index in [-0.39, 0.29) is 19.0 Å². The van der Waals surface area contributed by atoms with Gasteiger partial charge in [0.25, 0.3) is 0 Å². The van der Waals surface area contributed by atoms with Crippen molar-refractivity contribution in [1.82, 2.24) is 9.55 Å². The zero-order valence-corrected chi connectivity index (χ0v) is 13.0. The molecule has 22 heavy (non-hydrogen) atoms. The van der Waals surface area contributed by atoms with Gasteiger partial charge in [-0.15, -0.1) is 12.4 Å². The molecule has 0 spiro atoms. The Labute approximate surface area is 135 Å². The van der Waals surface area contributed by atoms with Crippen LogP contribution in [0.25, 0.3) is 16.7 Å². The molecule has 1 N–H and O–H groups in total. The normalized spacial score (nSPS) is 10.4. The molecule has 0 saturated heterocycles. The van der Waals surface area contributed by atoms with E-state index in [4.69, 9.17) is 9.84 Å². The van der Waals surface area contributed by atoms with E-state index in [9.17, 15) is 0 Å². The molecule has 0 bridgehead atoms. The smallest absolute Gasteiger partial charge is 0.121 e. The molecule has 2 aromatic carbocycles. The first-order chi connectivity index (χ1) is 10.4. The van der Waals surface area contributed by atoms with Crippen molar-refractivity contribution < 1.29 is 9.84 Å². The van der Waals surface area contributed by atoms with Gasteiger partial charge in [0, 0.05) is 18.4 Å². The summed E-state index contributed by atoms with van der Waals surface area (Å²) in [5, 5.41) is 8.75. The summed E-state index contributed by atoms with van der Waals surface area (Å²) in [7, 11) is 0. The average molecular weight is 319 g/mol. The maximum Gasteiger partial charge on any atom is 0.121 e. The first-order valence-electron chi connectivity index (χ1n) is 7.14. The van der Waals surface area contributed by atoms with E-state index in [1.165, 1.54) is 0 Å². The number of rotatable bonds is 6.